The Labute approximate surface area is 183 Å². The van der Waals surface area contributed by atoms with Gasteiger partial charge in [-0.05, 0) is 55.4 Å². The molecule has 31 heavy (non-hydrogen) atoms. The first kappa shape index (κ1) is 22.8. The van der Waals surface area contributed by atoms with Gasteiger partial charge in [0.25, 0.3) is 5.91 Å². The fourth-order valence-electron chi connectivity index (χ4n) is 3.90. The number of hydrogen-bond donors (Lipinski definition) is 2. The number of piperidine rings is 1. The Bertz CT molecular complexity index is 1030. The number of aryl methyl sites for hydroxylation is 1. The quantitative estimate of drug-likeness (QED) is 0.685. The topological polar surface area (TPSA) is 95.6 Å². The molecule has 0 atom stereocenters. The fourth-order valence-corrected chi connectivity index (χ4v) is 4.48. The van der Waals surface area contributed by atoms with E-state index >= 15 is 0 Å². The van der Waals surface area contributed by atoms with E-state index in [2.05, 4.69) is 22.2 Å². The van der Waals surface area contributed by atoms with Crippen molar-refractivity contribution < 1.29 is 18.0 Å². The molecule has 2 aromatic carbocycles. The van der Waals surface area contributed by atoms with Gasteiger partial charge in [-0.15, -0.1) is 0 Å². The lowest BCUT2D eigenvalue weighted by molar-refractivity contribution is -0.114. The molecule has 2 aromatic rings. The van der Waals surface area contributed by atoms with Gasteiger partial charge in [-0.3, -0.25) is 14.3 Å². The molecule has 0 unspecified atom stereocenters. The molecule has 0 bridgehead atoms. The molecular formula is C23H29N3O4S. The summed E-state index contributed by atoms with van der Waals surface area (Å²) >= 11 is 0. The molecule has 1 aliphatic rings. The van der Waals surface area contributed by atoms with Crippen molar-refractivity contribution in [3.05, 3.63) is 59.7 Å². The number of rotatable bonds is 7. The van der Waals surface area contributed by atoms with Crippen LogP contribution >= 0.6 is 0 Å². The molecule has 1 saturated heterocycles. The zero-order valence-corrected chi connectivity index (χ0v) is 18.7. The third-order valence-electron chi connectivity index (χ3n) is 5.45. The molecule has 166 valence electrons. The molecule has 8 heteroatoms. The second kappa shape index (κ2) is 9.96. The van der Waals surface area contributed by atoms with Crippen LogP contribution in [0.15, 0.2) is 48.5 Å². The molecule has 2 amide bonds. The van der Waals surface area contributed by atoms with Crippen LogP contribution in [0.3, 0.4) is 0 Å². The van der Waals surface area contributed by atoms with Gasteiger partial charge in [0.05, 0.1) is 17.5 Å². The molecule has 1 heterocycles. The lowest BCUT2D eigenvalue weighted by Gasteiger charge is -2.32. The second-order valence-electron chi connectivity index (χ2n) is 8.08. The van der Waals surface area contributed by atoms with Crippen LogP contribution in [0.4, 0.5) is 11.4 Å². The van der Waals surface area contributed by atoms with Crippen LogP contribution < -0.4 is 10.0 Å². The maximum atomic E-state index is 13.2. The van der Waals surface area contributed by atoms with Crippen molar-refractivity contribution in [3.63, 3.8) is 0 Å². The highest BCUT2D eigenvalue weighted by atomic mass is 32.2. The van der Waals surface area contributed by atoms with E-state index in [1.54, 1.807) is 11.0 Å². The molecular weight excluding hydrogens is 414 g/mol. The van der Waals surface area contributed by atoms with Crippen molar-refractivity contribution in [1.29, 1.82) is 0 Å². The monoisotopic (exact) mass is 443 g/mol. The van der Waals surface area contributed by atoms with Gasteiger partial charge in [-0.2, -0.15) is 0 Å². The van der Waals surface area contributed by atoms with Gasteiger partial charge in [0.1, 0.15) is 0 Å². The average Bonchev–Trinajstić information content (AvgIpc) is 2.72. The molecule has 2 N–H and O–H groups in total. The van der Waals surface area contributed by atoms with Gasteiger partial charge in [-0.1, -0.05) is 30.3 Å². The van der Waals surface area contributed by atoms with E-state index < -0.39 is 10.0 Å². The summed E-state index contributed by atoms with van der Waals surface area (Å²) in [7, 11) is -3.55. The first-order valence-corrected chi connectivity index (χ1v) is 12.3. The molecule has 0 aliphatic carbocycles. The summed E-state index contributed by atoms with van der Waals surface area (Å²) < 4.78 is 25.9. The van der Waals surface area contributed by atoms with Gasteiger partial charge in [0, 0.05) is 25.7 Å². The number of anilines is 2. The number of carbonyl (C=O) groups excluding carboxylic acids is 2. The highest BCUT2D eigenvalue weighted by Gasteiger charge is 2.26. The summed E-state index contributed by atoms with van der Waals surface area (Å²) in [5.41, 5.74) is 2.23. The van der Waals surface area contributed by atoms with Crippen molar-refractivity contribution >= 4 is 33.2 Å². The Hall–Kier alpha value is -2.87. The minimum absolute atomic E-state index is 0.216. The highest BCUT2D eigenvalue weighted by molar-refractivity contribution is 7.92. The first-order chi connectivity index (χ1) is 14.7. The molecule has 1 fully saturated rings. The molecule has 0 spiro atoms. The van der Waals surface area contributed by atoms with Crippen molar-refractivity contribution in [3.8, 4) is 0 Å². The molecule has 0 radical (unpaired) electrons. The van der Waals surface area contributed by atoms with E-state index in [4.69, 9.17) is 0 Å². The van der Waals surface area contributed by atoms with Gasteiger partial charge >= 0.3 is 0 Å². The second-order valence-corrected chi connectivity index (χ2v) is 9.82. The van der Waals surface area contributed by atoms with Gasteiger partial charge in [-0.25, -0.2) is 8.42 Å². The van der Waals surface area contributed by atoms with Crippen LogP contribution in [0.5, 0.6) is 0 Å². The lowest BCUT2D eigenvalue weighted by atomic mass is 9.90. The normalized spacial score (nSPS) is 14.8. The maximum Gasteiger partial charge on any atom is 0.256 e. The summed E-state index contributed by atoms with van der Waals surface area (Å²) in [5.74, 6) is 0.0601. The standard InChI is InChI=1S/C23H29N3O4S/c1-17(27)24-20-10-11-22(25-31(2,29)30)21(16-20)23(28)26-14-12-19(13-15-26)9-8-18-6-4-3-5-7-18/h3-7,10-11,16,19,25H,8-9,12-15H2,1-2H3,(H,24,27). The van der Waals surface area contributed by atoms with E-state index in [1.807, 2.05) is 18.2 Å². The molecule has 3 rings (SSSR count). The molecule has 0 saturated carbocycles. The van der Waals surface area contributed by atoms with Crippen LogP contribution in [0.2, 0.25) is 0 Å². The first-order valence-electron chi connectivity index (χ1n) is 10.4. The van der Waals surface area contributed by atoms with E-state index in [0.717, 1.165) is 31.9 Å². The predicted octanol–water partition coefficient (Wildman–Crippen LogP) is 3.50. The van der Waals surface area contributed by atoms with Gasteiger partial charge in [0.15, 0.2) is 0 Å². The van der Waals surface area contributed by atoms with E-state index in [1.165, 1.54) is 24.6 Å². The van der Waals surface area contributed by atoms with Crippen LogP contribution in [-0.2, 0) is 21.2 Å². The van der Waals surface area contributed by atoms with Crippen molar-refractivity contribution in [2.45, 2.75) is 32.6 Å². The van der Waals surface area contributed by atoms with Gasteiger partial charge < -0.3 is 10.2 Å². The zero-order chi connectivity index (χ0) is 22.4. The molecule has 1 aliphatic heterocycles. The SMILES string of the molecule is CC(=O)Nc1ccc(NS(C)(=O)=O)c(C(=O)N2CCC(CCc3ccccc3)CC2)c1. The van der Waals surface area contributed by atoms with Crippen molar-refractivity contribution in [1.82, 2.24) is 4.90 Å². The summed E-state index contributed by atoms with van der Waals surface area (Å²) in [6.45, 7) is 2.63. The molecule has 7 nitrogen and oxygen atoms in total. The van der Waals surface area contributed by atoms with Crippen LogP contribution in [0.1, 0.15) is 42.1 Å². The number of benzene rings is 2. The largest absolute Gasteiger partial charge is 0.339 e. The Kier molecular flexibility index (Phi) is 7.33. The van der Waals surface area contributed by atoms with Crippen LogP contribution in [-0.4, -0.2) is 44.5 Å². The minimum atomic E-state index is -3.55. The zero-order valence-electron chi connectivity index (χ0n) is 17.9. The van der Waals surface area contributed by atoms with Gasteiger partial charge in [0.2, 0.25) is 15.9 Å². The maximum absolute atomic E-state index is 13.2. The smallest absolute Gasteiger partial charge is 0.256 e. The highest BCUT2D eigenvalue weighted by Crippen LogP contribution is 2.27. The van der Waals surface area contributed by atoms with Crippen LogP contribution in [0, 0.1) is 5.92 Å². The number of carbonyl (C=O) groups is 2. The Morgan fingerprint density at radius 2 is 1.74 bits per heavy atom. The fraction of sp³-hybridized carbons (Fsp3) is 0.391. The predicted molar refractivity (Wildman–Crippen MR) is 123 cm³/mol. The number of nitrogens with zero attached hydrogens (tertiary/aromatic N) is 1. The number of sulfonamides is 1. The Morgan fingerprint density at radius 1 is 1.06 bits per heavy atom. The third kappa shape index (κ3) is 6.82. The van der Waals surface area contributed by atoms with E-state index in [0.29, 0.717) is 24.7 Å². The summed E-state index contributed by atoms with van der Waals surface area (Å²) in [6, 6.07) is 15.0. The summed E-state index contributed by atoms with van der Waals surface area (Å²) in [6.07, 6.45) is 4.99. The lowest BCUT2D eigenvalue weighted by Crippen LogP contribution is -2.39. The number of hydrogen-bond acceptors (Lipinski definition) is 4. The third-order valence-corrected chi connectivity index (χ3v) is 6.04. The average molecular weight is 444 g/mol. The van der Waals surface area contributed by atoms with E-state index in [-0.39, 0.29) is 23.1 Å². The summed E-state index contributed by atoms with van der Waals surface area (Å²) in [4.78, 5) is 26.4. The van der Waals surface area contributed by atoms with Crippen LogP contribution in [0.25, 0.3) is 0 Å². The minimum Gasteiger partial charge on any atom is -0.339 e. The van der Waals surface area contributed by atoms with E-state index in [9.17, 15) is 18.0 Å². The summed E-state index contributed by atoms with van der Waals surface area (Å²) in [5, 5.41) is 2.65. The number of amides is 2. The number of nitrogens with one attached hydrogen (secondary N) is 2. The molecule has 0 aromatic heterocycles. The Balaban J connectivity index is 1.67. The van der Waals surface area contributed by atoms with Crippen molar-refractivity contribution in [2.24, 2.45) is 5.92 Å². The number of likely N-dealkylation sites (tertiary alicyclic amines) is 1. The van der Waals surface area contributed by atoms with Crippen molar-refractivity contribution in [2.75, 3.05) is 29.4 Å². The Morgan fingerprint density at radius 3 is 2.35 bits per heavy atom.